The highest BCUT2D eigenvalue weighted by Crippen LogP contribution is 2.34. The molecule has 5 heteroatoms. The number of hydrogen-bond donors (Lipinski definition) is 1. The Morgan fingerprint density at radius 3 is 1.38 bits per heavy atom. The smallest absolute Gasteiger partial charge is 0.191 e. The third-order valence-electron chi connectivity index (χ3n) is 5.24. The van der Waals surface area contributed by atoms with Crippen molar-refractivity contribution in [3.05, 3.63) is 82.2 Å². The predicted octanol–water partition coefficient (Wildman–Crippen LogP) is 4.56. The molecule has 1 heterocycles. The van der Waals surface area contributed by atoms with Crippen molar-refractivity contribution in [2.24, 2.45) is 5.92 Å². The fraction of sp³-hybridized carbons (Fsp3) is 0.250. The summed E-state index contributed by atoms with van der Waals surface area (Å²) in [4.78, 5) is 26.5. The molecule has 29 heavy (non-hydrogen) atoms. The first-order valence-corrected chi connectivity index (χ1v) is 9.43. The molecule has 0 spiro atoms. The molecule has 1 aliphatic rings. The van der Waals surface area contributed by atoms with E-state index in [0.29, 0.717) is 33.8 Å². The predicted molar refractivity (Wildman–Crippen MR) is 112 cm³/mol. The van der Waals surface area contributed by atoms with E-state index in [9.17, 15) is 9.59 Å². The van der Waals surface area contributed by atoms with Crippen molar-refractivity contribution in [2.45, 2.75) is 20.8 Å². The molecule has 2 aromatic carbocycles. The lowest BCUT2D eigenvalue weighted by Crippen LogP contribution is -2.31. The third kappa shape index (κ3) is 3.94. The number of carbonyl (C=O) groups excluding carboxylic acids is 2. The monoisotopic (exact) mass is 391 g/mol. The highest BCUT2D eigenvalue weighted by molar-refractivity contribution is 6.14. The van der Waals surface area contributed by atoms with E-state index >= 15 is 0 Å². The second kappa shape index (κ2) is 8.35. The molecule has 3 rings (SSSR count). The summed E-state index contributed by atoms with van der Waals surface area (Å²) in [5.41, 5.74) is 3.84. The minimum Gasteiger partial charge on any atom is -0.497 e. The first-order chi connectivity index (χ1) is 13.9. The maximum atomic E-state index is 13.2. The number of rotatable bonds is 6. The normalized spacial score (nSPS) is 14.5. The summed E-state index contributed by atoms with van der Waals surface area (Å²) in [7, 11) is 3.17. The molecule has 0 bridgehead atoms. The molecule has 0 aromatic heterocycles. The second-order valence-electron chi connectivity index (χ2n) is 7.04. The van der Waals surface area contributed by atoms with Gasteiger partial charge in [0.2, 0.25) is 0 Å². The fourth-order valence-corrected chi connectivity index (χ4v) is 3.74. The van der Waals surface area contributed by atoms with Crippen molar-refractivity contribution < 1.29 is 19.1 Å². The number of benzene rings is 2. The van der Waals surface area contributed by atoms with Crippen LogP contribution in [0.1, 0.15) is 41.5 Å². The number of ketones is 2. The summed E-state index contributed by atoms with van der Waals surface area (Å²) in [5.74, 6) is 0.845. The second-order valence-corrected chi connectivity index (χ2v) is 7.04. The van der Waals surface area contributed by atoms with E-state index in [4.69, 9.17) is 9.47 Å². The number of methoxy groups -OCH3 is 2. The zero-order chi connectivity index (χ0) is 21.1. The summed E-state index contributed by atoms with van der Waals surface area (Å²) in [5, 5.41) is 3.22. The van der Waals surface area contributed by atoms with Crippen LogP contribution in [0.4, 0.5) is 0 Å². The summed E-state index contributed by atoms with van der Waals surface area (Å²) in [6.45, 7) is 5.64. The van der Waals surface area contributed by atoms with Gasteiger partial charge in [-0.1, -0.05) is 6.92 Å². The maximum absolute atomic E-state index is 13.2. The van der Waals surface area contributed by atoms with Gasteiger partial charge in [0.1, 0.15) is 11.5 Å². The average Bonchev–Trinajstić information content (AvgIpc) is 2.73. The molecule has 0 saturated carbocycles. The van der Waals surface area contributed by atoms with Crippen LogP contribution in [0.3, 0.4) is 0 Å². The molecule has 5 nitrogen and oxygen atoms in total. The van der Waals surface area contributed by atoms with Crippen LogP contribution < -0.4 is 14.8 Å². The lowest BCUT2D eigenvalue weighted by molar-refractivity contribution is 0.101. The lowest BCUT2D eigenvalue weighted by Gasteiger charge is -2.29. The number of hydrogen-bond acceptors (Lipinski definition) is 5. The van der Waals surface area contributed by atoms with E-state index in [0.717, 1.165) is 11.4 Å². The van der Waals surface area contributed by atoms with Gasteiger partial charge in [-0.25, -0.2) is 0 Å². The number of ether oxygens (including phenoxy) is 2. The van der Waals surface area contributed by atoms with Gasteiger partial charge in [0.05, 0.1) is 14.2 Å². The molecule has 1 aliphatic heterocycles. The van der Waals surface area contributed by atoms with Gasteiger partial charge in [0.25, 0.3) is 0 Å². The minimum absolute atomic E-state index is 0.0994. The molecule has 2 aromatic rings. The Labute approximate surface area is 171 Å². The van der Waals surface area contributed by atoms with E-state index in [-0.39, 0.29) is 17.5 Å². The number of carbonyl (C=O) groups is 2. The minimum atomic E-state index is -0.333. The van der Waals surface area contributed by atoms with Crippen LogP contribution >= 0.6 is 0 Å². The van der Waals surface area contributed by atoms with Crippen LogP contribution in [0.25, 0.3) is 0 Å². The van der Waals surface area contributed by atoms with Crippen molar-refractivity contribution >= 4 is 11.6 Å². The third-order valence-corrected chi connectivity index (χ3v) is 5.24. The molecule has 0 amide bonds. The van der Waals surface area contributed by atoms with E-state index in [1.54, 1.807) is 62.8 Å². The van der Waals surface area contributed by atoms with Crippen LogP contribution in [0, 0.1) is 5.92 Å². The standard InChI is InChI=1S/C24H25NO4/c1-14-21(23(26)17-6-10-19(28-4)11-7-17)15(2)25-16(3)22(14)24(27)18-8-12-20(29-5)13-9-18/h6-14,25H,1-5H3. The SMILES string of the molecule is COc1ccc(C(=O)C2=C(C)NC(C)=C(C(=O)c3ccc(OC)cc3)C2C)cc1. The molecule has 0 fully saturated rings. The Bertz CT molecular complexity index is 917. The Hall–Kier alpha value is -3.34. The Kier molecular flexibility index (Phi) is 5.87. The van der Waals surface area contributed by atoms with E-state index < -0.39 is 0 Å². The van der Waals surface area contributed by atoms with Crippen molar-refractivity contribution in [3.8, 4) is 11.5 Å². The van der Waals surface area contributed by atoms with E-state index in [1.165, 1.54) is 0 Å². The Balaban J connectivity index is 1.93. The van der Waals surface area contributed by atoms with Gasteiger partial charge in [-0.05, 0) is 62.4 Å². The molecule has 0 radical (unpaired) electrons. The molecular weight excluding hydrogens is 366 g/mol. The van der Waals surface area contributed by atoms with E-state index in [2.05, 4.69) is 5.32 Å². The van der Waals surface area contributed by atoms with Gasteiger partial charge in [-0.2, -0.15) is 0 Å². The molecule has 0 aliphatic carbocycles. The van der Waals surface area contributed by atoms with Gasteiger partial charge in [0, 0.05) is 39.6 Å². The quantitative estimate of drug-likeness (QED) is 0.732. The van der Waals surface area contributed by atoms with Crippen LogP contribution in [0.15, 0.2) is 71.1 Å². The van der Waals surface area contributed by atoms with Gasteiger partial charge in [0.15, 0.2) is 11.6 Å². The molecule has 1 N–H and O–H groups in total. The van der Waals surface area contributed by atoms with Crippen molar-refractivity contribution in [2.75, 3.05) is 14.2 Å². The summed E-state index contributed by atoms with van der Waals surface area (Å²) < 4.78 is 10.3. The Morgan fingerprint density at radius 2 is 1.07 bits per heavy atom. The number of Topliss-reactive ketones (excluding diaryl/α,β-unsaturated/α-hetero) is 2. The van der Waals surface area contributed by atoms with Gasteiger partial charge in [-0.15, -0.1) is 0 Å². The molecular formula is C24H25NO4. The van der Waals surface area contributed by atoms with Crippen molar-refractivity contribution in [1.82, 2.24) is 5.32 Å². The molecule has 0 unspecified atom stereocenters. The van der Waals surface area contributed by atoms with Crippen LogP contribution in [0.5, 0.6) is 11.5 Å². The molecule has 0 atom stereocenters. The van der Waals surface area contributed by atoms with Crippen molar-refractivity contribution in [1.29, 1.82) is 0 Å². The fourth-order valence-electron chi connectivity index (χ4n) is 3.74. The van der Waals surface area contributed by atoms with Crippen molar-refractivity contribution in [3.63, 3.8) is 0 Å². The summed E-state index contributed by atoms with van der Waals surface area (Å²) in [6.07, 6.45) is 0. The van der Waals surface area contributed by atoms with E-state index in [1.807, 2.05) is 20.8 Å². The summed E-state index contributed by atoms with van der Waals surface area (Å²) in [6, 6.07) is 14.0. The summed E-state index contributed by atoms with van der Waals surface area (Å²) >= 11 is 0. The Morgan fingerprint density at radius 1 is 0.724 bits per heavy atom. The number of nitrogens with one attached hydrogen (secondary N) is 1. The average molecular weight is 391 g/mol. The topological polar surface area (TPSA) is 64.6 Å². The zero-order valence-electron chi connectivity index (χ0n) is 17.3. The van der Waals surface area contributed by atoms with Crippen LogP contribution in [0.2, 0.25) is 0 Å². The highest BCUT2D eigenvalue weighted by Gasteiger charge is 2.32. The molecule has 150 valence electrons. The van der Waals surface area contributed by atoms with Crippen LogP contribution in [-0.4, -0.2) is 25.8 Å². The maximum Gasteiger partial charge on any atom is 0.191 e. The first-order valence-electron chi connectivity index (χ1n) is 9.43. The highest BCUT2D eigenvalue weighted by atomic mass is 16.5. The number of allylic oxidation sites excluding steroid dienone is 4. The largest absolute Gasteiger partial charge is 0.497 e. The number of dihydropyridines is 1. The van der Waals surface area contributed by atoms with Gasteiger partial charge in [-0.3, -0.25) is 9.59 Å². The first kappa shape index (κ1) is 20.4. The van der Waals surface area contributed by atoms with Gasteiger partial charge >= 0.3 is 0 Å². The van der Waals surface area contributed by atoms with Gasteiger partial charge < -0.3 is 14.8 Å². The zero-order valence-corrected chi connectivity index (χ0v) is 17.3. The lowest BCUT2D eigenvalue weighted by atomic mass is 9.80. The molecule has 0 saturated heterocycles. The van der Waals surface area contributed by atoms with Crippen LogP contribution in [-0.2, 0) is 0 Å².